The Labute approximate surface area is 123 Å². The average Bonchev–Trinajstić information content (AvgIpc) is 2.53. The molecule has 1 aliphatic heterocycles. The second kappa shape index (κ2) is 5.44. The Morgan fingerprint density at radius 3 is 2.81 bits per heavy atom. The summed E-state index contributed by atoms with van der Waals surface area (Å²) in [7, 11) is 1.38. The third-order valence-electron chi connectivity index (χ3n) is 3.55. The van der Waals surface area contributed by atoms with Gasteiger partial charge in [0.25, 0.3) is 0 Å². The van der Waals surface area contributed by atoms with Crippen LogP contribution in [0, 0.1) is 6.92 Å². The van der Waals surface area contributed by atoms with Crippen LogP contribution in [-0.2, 0) is 4.74 Å². The van der Waals surface area contributed by atoms with Crippen LogP contribution in [0.15, 0.2) is 48.5 Å². The highest BCUT2D eigenvalue weighted by atomic mass is 16.5. The predicted molar refractivity (Wildman–Crippen MR) is 81.5 cm³/mol. The standard InChI is InChI=1S/C18H16O3/c1-12-4-3-5-13(10-12)15-8-9-21-17-7-6-14(11-16(15)17)18(19)20-2/h3-8,10-11H,9H2,1-2H3. The molecule has 0 unspecified atom stereocenters. The largest absolute Gasteiger partial charge is 0.489 e. The maximum atomic E-state index is 11.7. The Balaban J connectivity index is 2.10. The summed E-state index contributed by atoms with van der Waals surface area (Å²) in [5.74, 6) is 0.452. The molecule has 0 saturated carbocycles. The first-order valence-corrected chi connectivity index (χ1v) is 6.82. The van der Waals surface area contributed by atoms with Gasteiger partial charge in [-0.2, -0.15) is 0 Å². The Hall–Kier alpha value is -2.55. The molecule has 1 aliphatic rings. The molecule has 0 aliphatic carbocycles. The highest BCUT2D eigenvalue weighted by Gasteiger charge is 2.18. The van der Waals surface area contributed by atoms with Crippen LogP contribution in [0.25, 0.3) is 5.57 Å². The van der Waals surface area contributed by atoms with E-state index in [1.807, 2.05) is 24.3 Å². The summed E-state index contributed by atoms with van der Waals surface area (Å²) < 4.78 is 10.4. The van der Waals surface area contributed by atoms with Crippen LogP contribution in [0.2, 0.25) is 0 Å². The zero-order valence-corrected chi connectivity index (χ0v) is 12.1. The van der Waals surface area contributed by atoms with Crippen molar-refractivity contribution in [2.45, 2.75) is 6.92 Å². The van der Waals surface area contributed by atoms with Gasteiger partial charge in [0.05, 0.1) is 12.7 Å². The van der Waals surface area contributed by atoms with Gasteiger partial charge >= 0.3 is 5.97 Å². The molecule has 0 saturated heterocycles. The van der Waals surface area contributed by atoms with Crippen molar-refractivity contribution in [2.75, 3.05) is 13.7 Å². The van der Waals surface area contributed by atoms with Crippen molar-refractivity contribution in [1.82, 2.24) is 0 Å². The molecule has 0 fully saturated rings. The first-order valence-electron chi connectivity index (χ1n) is 6.82. The highest BCUT2D eigenvalue weighted by Crippen LogP contribution is 2.35. The van der Waals surface area contributed by atoms with Gasteiger partial charge in [0.2, 0.25) is 0 Å². The van der Waals surface area contributed by atoms with Gasteiger partial charge in [0.15, 0.2) is 0 Å². The Bertz CT molecular complexity index is 729. The number of esters is 1. The molecule has 3 rings (SSSR count). The van der Waals surface area contributed by atoms with Crippen molar-refractivity contribution in [3.8, 4) is 5.75 Å². The van der Waals surface area contributed by atoms with Crippen molar-refractivity contribution >= 4 is 11.5 Å². The van der Waals surface area contributed by atoms with Crippen molar-refractivity contribution < 1.29 is 14.3 Å². The van der Waals surface area contributed by atoms with Gasteiger partial charge < -0.3 is 9.47 Å². The number of carbonyl (C=O) groups excluding carboxylic acids is 1. The fraction of sp³-hybridized carbons (Fsp3) is 0.167. The van der Waals surface area contributed by atoms with E-state index in [9.17, 15) is 4.79 Å². The van der Waals surface area contributed by atoms with Crippen LogP contribution in [0.5, 0.6) is 5.75 Å². The molecule has 106 valence electrons. The molecule has 0 radical (unpaired) electrons. The lowest BCUT2D eigenvalue weighted by Gasteiger charge is -2.20. The van der Waals surface area contributed by atoms with E-state index in [-0.39, 0.29) is 5.97 Å². The number of fused-ring (bicyclic) bond motifs is 1. The van der Waals surface area contributed by atoms with Crippen LogP contribution in [0.3, 0.4) is 0 Å². The normalized spacial score (nSPS) is 13.0. The summed E-state index contributed by atoms with van der Waals surface area (Å²) in [5.41, 5.74) is 4.87. The fourth-order valence-electron chi connectivity index (χ4n) is 2.52. The molecular weight excluding hydrogens is 264 g/mol. The molecule has 0 amide bonds. The lowest BCUT2D eigenvalue weighted by Crippen LogP contribution is -2.08. The van der Waals surface area contributed by atoms with E-state index in [2.05, 4.69) is 25.1 Å². The molecule has 0 N–H and O–H groups in total. The minimum absolute atomic E-state index is 0.341. The van der Waals surface area contributed by atoms with Crippen molar-refractivity contribution in [3.05, 3.63) is 70.8 Å². The first kappa shape index (κ1) is 13.4. The van der Waals surface area contributed by atoms with Crippen LogP contribution < -0.4 is 4.74 Å². The molecule has 3 heteroatoms. The van der Waals surface area contributed by atoms with Gasteiger partial charge in [0.1, 0.15) is 12.4 Å². The van der Waals surface area contributed by atoms with E-state index in [0.717, 1.165) is 22.4 Å². The van der Waals surface area contributed by atoms with E-state index in [1.54, 1.807) is 6.07 Å². The molecular formula is C18H16O3. The molecule has 3 nitrogen and oxygen atoms in total. The maximum absolute atomic E-state index is 11.7. The number of methoxy groups -OCH3 is 1. The highest BCUT2D eigenvalue weighted by molar-refractivity contribution is 5.93. The zero-order valence-electron chi connectivity index (χ0n) is 12.1. The average molecular weight is 280 g/mol. The molecule has 0 spiro atoms. The molecule has 1 heterocycles. The van der Waals surface area contributed by atoms with Gasteiger partial charge in [-0.15, -0.1) is 0 Å². The molecule has 2 aromatic carbocycles. The summed E-state index contributed by atoms with van der Waals surface area (Å²) >= 11 is 0. The number of rotatable bonds is 2. The number of ether oxygens (including phenoxy) is 2. The number of carbonyl (C=O) groups is 1. The van der Waals surface area contributed by atoms with Crippen molar-refractivity contribution in [1.29, 1.82) is 0 Å². The second-order valence-electron chi connectivity index (χ2n) is 5.00. The summed E-state index contributed by atoms with van der Waals surface area (Å²) in [6.07, 6.45) is 2.04. The summed E-state index contributed by atoms with van der Waals surface area (Å²) in [6.45, 7) is 2.60. The van der Waals surface area contributed by atoms with Gasteiger partial charge in [-0.25, -0.2) is 4.79 Å². The summed E-state index contributed by atoms with van der Waals surface area (Å²) in [4.78, 5) is 11.7. The van der Waals surface area contributed by atoms with Crippen LogP contribution in [0.4, 0.5) is 0 Å². The molecule has 2 aromatic rings. The number of hydrogen-bond donors (Lipinski definition) is 0. The molecule has 0 aromatic heterocycles. The number of aryl methyl sites for hydroxylation is 1. The van der Waals surface area contributed by atoms with Gasteiger partial charge in [-0.05, 0) is 42.3 Å². The van der Waals surface area contributed by atoms with E-state index < -0.39 is 0 Å². The molecule has 0 atom stereocenters. The minimum atomic E-state index is -0.341. The van der Waals surface area contributed by atoms with Gasteiger partial charge in [-0.3, -0.25) is 0 Å². The smallest absolute Gasteiger partial charge is 0.337 e. The van der Waals surface area contributed by atoms with Crippen LogP contribution >= 0.6 is 0 Å². The Morgan fingerprint density at radius 2 is 2.05 bits per heavy atom. The van der Waals surface area contributed by atoms with Crippen LogP contribution in [0.1, 0.15) is 27.0 Å². The summed E-state index contributed by atoms with van der Waals surface area (Å²) in [5, 5.41) is 0. The second-order valence-corrected chi connectivity index (χ2v) is 5.00. The Kier molecular flexibility index (Phi) is 3.48. The summed E-state index contributed by atoms with van der Waals surface area (Å²) in [6, 6.07) is 13.7. The van der Waals surface area contributed by atoms with Gasteiger partial charge in [-0.1, -0.05) is 29.8 Å². The minimum Gasteiger partial charge on any atom is -0.489 e. The van der Waals surface area contributed by atoms with E-state index in [1.165, 1.54) is 12.7 Å². The first-order chi connectivity index (χ1) is 10.2. The lowest BCUT2D eigenvalue weighted by molar-refractivity contribution is 0.0600. The number of benzene rings is 2. The van der Waals surface area contributed by atoms with E-state index in [0.29, 0.717) is 12.2 Å². The zero-order chi connectivity index (χ0) is 14.8. The lowest BCUT2D eigenvalue weighted by atomic mass is 9.93. The molecule has 21 heavy (non-hydrogen) atoms. The van der Waals surface area contributed by atoms with E-state index >= 15 is 0 Å². The van der Waals surface area contributed by atoms with Gasteiger partial charge in [0, 0.05) is 5.56 Å². The van der Waals surface area contributed by atoms with Crippen LogP contribution in [-0.4, -0.2) is 19.7 Å². The van der Waals surface area contributed by atoms with E-state index in [4.69, 9.17) is 9.47 Å². The predicted octanol–water partition coefficient (Wildman–Crippen LogP) is 3.61. The molecule has 0 bridgehead atoms. The SMILES string of the molecule is COC(=O)c1ccc2c(c1)C(c1cccc(C)c1)=CCO2. The maximum Gasteiger partial charge on any atom is 0.337 e. The third-order valence-corrected chi connectivity index (χ3v) is 3.55. The topological polar surface area (TPSA) is 35.5 Å². The van der Waals surface area contributed by atoms with Crippen molar-refractivity contribution in [2.24, 2.45) is 0 Å². The fourth-order valence-corrected chi connectivity index (χ4v) is 2.52. The third kappa shape index (κ3) is 2.55. The monoisotopic (exact) mass is 280 g/mol. The number of hydrogen-bond acceptors (Lipinski definition) is 3. The van der Waals surface area contributed by atoms with Crippen molar-refractivity contribution in [3.63, 3.8) is 0 Å². The Morgan fingerprint density at radius 1 is 1.19 bits per heavy atom. The quantitative estimate of drug-likeness (QED) is 0.788.